The first-order valence-corrected chi connectivity index (χ1v) is 7.21. The molecule has 20 heavy (non-hydrogen) atoms. The van der Waals surface area contributed by atoms with E-state index in [4.69, 9.17) is 9.47 Å². The van der Waals surface area contributed by atoms with Crippen LogP contribution in [0.3, 0.4) is 0 Å². The lowest BCUT2D eigenvalue weighted by atomic mass is 10.0. The van der Waals surface area contributed by atoms with Crippen LogP contribution in [0, 0.1) is 6.92 Å². The number of likely N-dealkylation sites (tertiary alicyclic amines) is 1. The normalized spacial score (nSPS) is 24.3. The average molecular weight is 279 g/mol. The number of aromatic nitrogens is 2. The van der Waals surface area contributed by atoms with Gasteiger partial charge in [-0.3, -0.25) is 9.48 Å². The number of hydrogen-bond acceptors (Lipinski definition) is 4. The highest BCUT2D eigenvalue weighted by atomic mass is 16.7. The zero-order valence-electron chi connectivity index (χ0n) is 12.0. The van der Waals surface area contributed by atoms with E-state index < -0.39 is 0 Å². The third-order valence-electron chi connectivity index (χ3n) is 3.99. The Hall–Kier alpha value is -1.40. The van der Waals surface area contributed by atoms with Crippen molar-refractivity contribution in [3.8, 4) is 0 Å². The van der Waals surface area contributed by atoms with Crippen LogP contribution in [-0.2, 0) is 16.5 Å². The van der Waals surface area contributed by atoms with Crippen molar-refractivity contribution in [1.82, 2.24) is 14.7 Å². The van der Waals surface area contributed by atoms with Crippen LogP contribution in [0.1, 0.15) is 35.4 Å². The number of ether oxygens (including phenoxy) is 2. The highest BCUT2D eigenvalue weighted by Crippen LogP contribution is 2.26. The minimum atomic E-state index is -0.270. The Bertz CT molecular complexity index is 494. The minimum absolute atomic E-state index is 0.0222. The summed E-state index contributed by atoms with van der Waals surface area (Å²) < 4.78 is 12.9. The van der Waals surface area contributed by atoms with E-state index in [1.54, 1.807) is 4.68 Å². The van der Waals surface area contributed by atoms with Crippen molar-refractivity contribution in [3.05, 3.63) is 17.5 Å². The van der Waals surface area contributed by atoms with Crippen LogP contribution < -0.4 is 0 Å². The topological polar surface area (TPSA) is 56.6 Å². The standard InChI is InChI=1S/C14H21N3O3/c1-10-9-12(16(2)15-10)13(18)17-6-4-3-5-11(17)14-19-7-8-20-14/h9,11,14H,3-8H2,1-2H3. The lowest BCUT2D eigenvalue weighted by molar-refractivity contribution is -0.100. The number of piperidine rings is 1. The molecule has 6 nitrogen and oxygen atoms in total. The number of nitrogens with zero attached hydrogens (tertiary/aromatic N) is 3. The molecule has 1 atom stereocenters. The van der Waals surface area contributed by atoms with Gasteiger partial charge in [0.2, 0.25) is 0 Å². The zero-order chi connectivity index (χ0) is 14.1. The number of rotatable bonds is 2. The largest absolute Gasteiger partial charge is 0.348 e. The van der Waals surface area contributed by atoms with E-state index >= 15 is 0 Å². The van der Waals surface area contributed by atoms with Crippen LogP contribution in [0.4, 0.5) is 0 Å². The monoisotopic (exact) mass is 279 g/mol. The number of hydrogen-bond donors (Lipinski definition) is 0. The molecule has 2 aliphatic heterocycles. The predicted molar refractivity (Wildman–Crippen MR) is 72.3 cm³/mol. The van der Waals surface area contributed by atoms with Gasteiger partial charge in [-0.2, -0.15) is 5.10 Å². The highest BCUT2D eigenvalue weighted by molar-refractivity contribution is 5.93. The van der Waals surface area contributed by atoms with Gasteiger partial charge < -0.3 is 14.4 Å². The molecule has 1 aromatic heterocycles. The molecule has 1 amide bonds. The van der Waals surface area contributed by atoms with E-state index in [2.05, 4.69) is 5.10 Å². The Morgan fingerprint density at radius 2 is 2.10 bits per heavy atom. The molecule has 3 rings (SSSR count). The maximum absolute atomic E-state index is 12.8. The molecular weight excluding hydrogens is 258 g/mol. The van der Waals surface area contributed by atoms with Gasteiger partial charge >= 0.3 is 0 Å². The van der Waals surface area contributed by atoms with Gasteiger partial charge in [-0.05, 0) is 32.3 Å². The first kappa shape index (κ1) is 13.6. The van der Waals surface area contributed by atoms with Gasteiger partial charge in [0.25, 0.3) is 5.91 Å². The van der Waals surface area contributed by atoms with Crippen LogP contribution in [0.15, 0.2) is 6.07 Å². The van der Waals surface area contributed by atoms with Crippen molar-refractivity contribution >= 4 is 5.91 Å². The summed E-state index contributed by atoms with van der Waals surface area (Å²) in [7, 11) is 1.81. The summed E-state index contributed by atoms with van der Waals surface area (Å²) in [5, 5.41) is 4.26. The van der Waals surface area contributed by atoms with E-state index in [0.29, 0.717) is 18.9 Å². The van der Waals surface area contributed by atoms with E-state index in [-0.39, 0.29) is 18.2 Å². The second kappa shape index (κ2) is 5.54. The van der Waals surface area contributed by atoms with Crippen LogP contribution in [-0.4, -0.2) is 52.7 Å². The van der Waals surface area contributed by atoms with Crippen molar-refractivity contribution in [3.63, 3.8) is 0 Å². The Labute approximate surface area is 118 Å². The Kier molecular flexibility index (Phi) is 3.76. The molecule has 0 aliphatic carbocycles. The van der Waals surface area contributed by atoms with E-state index in [1.807, 2.05) is 24.9 Å². The average Bonchev–Trinajstić information content (AvgIpc) is 3.07. The minimum Gasteiger partial charge on any atom is -0.348 e. The zero-order valence-corrected chi connectivity index (χ0v) is 12.0. The Balaban J connectivity index is 1.82. The van der Waals surface area contributed by atoms with Crippen molar-refractivity contribution in [2.24, 2.45) is 7.05 Å². The summed E-state index contributed by atoms with van der Waals surface area (Å²) in [4.78, 5) is 14.7. The molecule has 0 bridgehead atoms. The van der Waals surface area contributed by atoms with E-state index in [9.17, 15) is 4.79 Å². The third-order valence-corrected chi connectivity index (χ3v) is 3.99. The second-order valence-corrected chi connectivity index (χ2v) is 5.47. The molecule has 0 spiro atoms. The molecular formula is C14H21N3O3. The summed E-state index contributed by atoms with van der Waals surface area (Å²) >= 11 is 0. The molecule has 3 heterocycles. The molecule has 0 radical (unpaired) electrons. The molecule has 6 heteroatoms. The first-order chi connectivity index (χ1) is 9.66. The SMILES string of the molecule is Cc1cc(C(=O)N2CCCCC2C2OCCO2)n(C)n1. The Morgan fingerprint density at radius 3 is 2.75 bits per heavy atom. The van der Waals surface area contributed by atoms with Crippen LogP contribution in [0.2, 0.25) is 0 Å². The van der Waals surface area contributed by atoms with Gasteiger partial charge in [0.1, 0.15) is 5.69 Å². The van der Waals surface area contributed by atoms with Crippen molar-refractivity contribution in [2.75, 3.05) is 19.8 Å². The van der Waals surface area contributed by atoms with Gasteiger partial charge in [0.05, 0.1) is 24.9 Å². The van der Waals surface area contributed by atoms with Crippen molar-refractivity contribution < 1.29 is 14.3 Å². The predicted octanol–water partition coefficient (Wildman–Crippen LogP) is 1.10. The summed E-state index contributed by atoms with van der Waals surface area (Å²) in [6.07, 6.45) is 2.81. The quantitative estimate of drug-likeness (QED) is 0.813. The fourth-order valence-electron chi connectivity index (χ4n) is 3.05. The van der Waals surface area contributed by atoms with Crippen LogP contribution >= 0.6 is 0 Å². The highest BCUT2D eigenvalue weighted by Gasteiger charge is 2.37. The molecule has 110 valence electrons. The lowest BCUT2D eigenvalue weighted by Crippen LogP contribution is -2.50. The molecule has 0 saturated carbocycles. The number of aryl methyl sites for hydroxylation is 2. The summed E-state index contributed by atoms with van der Waals surface area (Å²) in [5.41, 5.74) is 1.49. The third kappa shape index (κ3) is 2.45. The smallest absolute Gasteiger partial charge is 0.272 e. The van der Waals surface area contributed by atoms with E-state index in [0.717, 1.165) is 31.5 Å². The van der Waals surface area contributed by atoms with Crippen molar-refractivity contribution in [2.45, 2.75) is 38.5 Å². The molecule has 1 unspecified atom stereocenters. The van der Waals surface area contributed by atoms with Gasteiger partial charge in [-0.25, -0.2) is 0 Å². The lowest BCUT2D eigenvalue weighted by Gasteiger charge is -2.37. The fraction of sp³-hybridized carbons (Fsp3) is 0.714. The number of amides is 1. The summed E-state index contributed by atoms with van der Waals surface area (Å²) in [6.45, 7) is 3.90. The van der Waals surface area contributed by atoms with Crippen LogP contribution in [0.5, 0.6) is 0 Å². The summed E-state index contributed by atoms with van der Waals surface area (Å²) in [5.74, 6) is 0.0249. The van der Waals surface area contributed by atoms with Crippen LogP contribution in [0.25, 0.3) is 0 Å². The first-order valence-electron chi connectivity index (χ1n) is 7.21. The second-order valence-electron chi connectivity index (χ2n) is 5.47. The van der Waals surface area contributed by atoms with E-state index in [1.165, 1.54) is 0 Å². The fourth-order valence-corrected chi connectivity index (χ4v) is 3.05. The maximum atomic E-state index is 12.8. The molecule has 2 aliphatic rings. The molecule has 0 N–H and O–H groups in total. The molecule has 2 saturated heterocycles. The summed E-state index contributed by atoms with van der Waals surface area (Å²) in [6, 6.07) is 1.86. The molecule has 1 aromatic rings. The number of carbonyl (C=O) groups excluding carboxylic acids is 1. The number of carbonyl (C=O) groups is 1. The molecule has 0 aromatic carbocycles. The van der Waals surface area contributed by atoms with Gasteiger partial charge in [0, 0.05) is 13.6 Å². The Morgan fingerprint density at radius 1 is 1.35 bits per heavy atom. The van der Waals surface area contributed by atoms with Gasteiger partial charge in [-0.15, -0.1) is 0 Å². The van der Waals surface area contributed by atoms with Gasteiger partial charge in [-0.1, -0.05) is 0 Å². The van der Waals surface area contributed by atoms with Crippen molar-refractivity contribution in [1.29, 1.82) is 0 Å². The maximum Gasteiger partial charge on any atom is 0.272 e. The van der Waals surface area contributed by atoms with Gasteiger partial charge in [0.15, 0.2) is 6.29 Å². The molecule has 2 fully saturated rings.